The Hall–Kier alpha value is -2.17. The van der Waals surface area contributed by atoms with Gasteiger partial charge in [-0.25, -0.2) is 4.39 Å². The number of aryl methyl sites for hydroxylation is 2. The molecule has 134 valence electrons. The number of aromatic amines is 1. The molecule has 1 aromatic carbocycles. The minimum atomic E-state index is -0.186. The number of nitrogens with one attached hydrogen (secondary N) is 1. The van der Waals surface area contributed by atoms with E-state index >= 15 is 0 Å². The first-order valence-electron chi connectivity index (χ1n) is 9.20. The highest BCUT2D eigenvalue weighted by atomic mass is 19.1. The van der Waals surface area contributed by atoms with Crippen molar-refractivity contribution in [2.75, 3.05) is 13.1 Å². The van der Waals surface area contributed by atoms with E-state index in [9.17, 15) is 9.18 Å². The standard InChI is InChI=1S/C20H26FN3O/c21-19-10-8-16(9-11-19)6-7-17-4-2-12-24(15-17)20(25)5-1-3-18-13-22-23-14-18/h8-11,13-14,17H,1-7,12,15H2,(H,22,23)/t17-/m0/s1. The second-order valence-electron chi connectivity index (χ2n) is 6.97. The number of H-pyrrole nitrogens is 1. The molecule has 1 atom stereocenters. The Morgan fingerprint density at radius 1 is 1.24 bits per heavy atom. The highest BCUT2D eigenvalue weighted by Crippen LogP contribution is 2.22. The summed E-state index contributed by atoms with van der Waals surface area (Å²) >= 11 is 0. The number of hydrogen-bond acceptors (Lipinski definition) is 2. The zero-order chi connectivity index (χ0) is 17.5. The maximum atomic E-state index is 13.0. The molecule has 0 radical (unpaired) electrons. The second kappa shape index (κ2) is 8.79. The normalized spacial score (nSPS) is 17.6. The molecule has 0 bridgehead atoms. The fourth-order valence-corrected chi connectivity index (χ4v) is 3.57. The van der Waals surface area contributed by atoms with Crippen molar-refractivity contribution in [3.63, 3.8) is 0 Å². The number of likely N-dealkylation sites (tertiary alicyclic amines) is 1. The van der Waals surface area contributed by atoms with E-state index in [-0.39, 0.29) is 11.7 Å². The maximum Gasteiger partial charge on any atom is 0.222 e. The Bertz CT molecular complexity index is 654. The van der Waals surface area contributed by atoms with Gasteiger partial charge in [0.15, 0.2) is 0 Å². The fourth-order valence-electron chi connectivity index (χ4n) is 3.57. The van der Waals surface area contributed by atoms with Gasteiger partial charge in [0.25, 0.3) is 0 Å². The molecule has 5 heteroatoms. The van der Waals surface area contributed by atoms with Crippen LogP contribution >= 0.6 is 0 Å². The molecule has 4 nitrogen and oxygen atoms in total. The summed E-state index contributed by atoms with van der Waals surface area (Å²) in [7, 11) is 0. The van der Waals surface area contributed by atoms with Gasteiger partial charge in [-0.3, -0.25) is 9.89 Å². The summed E-state index contributed by atoms with van der Waals surface area (Å²) in [5, 5.41) is 6.73. The van der Waals surface area contributed by atoms with E-state index in [1.807, 2.05) is 29.4 Å². The van der Waals surface area contributed by atoms with E-state index in [1.165, 1.54) is 24.1 Å². The molecule has 1 fully saturated rings. The van der Waals surface area contributed by atoms with E-state index in [0.29, 0.717) is 12.3 Å². The highest BCUT2D eigenvalue weighted by molar-refractivity contribution is 5.76. The van der Waals surface area contributed by atoms with Gasteiger partial charge in [0.05, 0.1) is 6.20 Å². The number of hydrogen-bond donors (Lipinski definition) is 1. The summed E-state index contributed by atoms with van der Waals surface area (Å²) in [4.78, 5) is 14.5. The molecular weight excluding hydrogens is 317 g/mol. The van der Waals surface area contributed by atoms with Gasteiger partial charge in [0.1, 0.15) is 5.82 Å². The van der Waals surface area contributed by atoms with Crippen LogP contribution in [0.4, 0.5) is 4.39 Å². The third-order valence-corrected chi connectivity index (χ3v) is 5.04. The fraction of sp³-hybridized carbons (Fsp3) is 0.500. The van der Waals surface area contributed by atoms with Crippen LogP contribution in [0.15, 0.2) is 36.7 Å². The van der Waals surface area contributed by atoms with Gasteiger partial charge >= 0.3 is 0 Å². The summed E-state index contributed by atoms with van der Waals surface area (Å²) in [6.07, 6.45) is 10.3. The molecule has 0 unspecified atom stereocenters. The van der Waals surface area contributed by atoms with E-state index in [1.54, 1.807) is 0 Å². The molecule has 3 rings (SSSR count). The van der Waals surface area contributed by atoms with Crippen LogP contribution in [0, 0.1) is 11.7 Å². The monoisotopic (exact) mass is 343 g/mol. The van der Waals surface area contributed by atoms with Gasteiger partial charge in [-0.15, -0.1) is 0 Å². The molecule has 25 heavy (non-hydrogen) atoms. The second-order valence-corrected chi connectivity index (χ2v) is 6.97. The summed E-state index contributed by atoms with van der Waals surface area (Å²) < 4.78 is 13.0. The Morgan fingerprint density at radius 2 is 2.08 bits per heavy atom. The van der Waals surface area contributed by atoms with Crippen molar-refractivity contribution >= 4 is 5.91 Å². The number of carbonyl (C=O) groups is 1. The lowest BCUT2D eigenvalue weighted by Crippen LogP contribution is -2.40. The van der Waals surface area contributed by atoms with Crippen LogP contribution in [0.5, 0.6) is 0 Å². The minimum absolute atomic E-state index is 0.186. The number of nitrogens with zero attached hydrogens (tertiary/aromatic N) is 2. The van der Waals surface area contributed by atoms with Gasteiger partial charge in [-0.05, 0) is 67.7 Å². The molecule has 0 aliphatic carbocycles. The Labute approximate surface area is 148 Å². The Morgan fingerprint density at radius 3 is 2.84 bits per heavy atom. The van der Waals surface area contributed by atoms with Crippen LogP contribution in [0.3, 0.4) is 0 Å². The third-order valence-electron chi connectivity index (χ3n) is 5.04. The minimum Gasteiger partial charge on any atom is -0.342 e. The molecule has 1 saturated heterocycles. The number of benzene rings is 1. The van der Waals surface area contributed by atoms with Gasteiger partial charge in [-0.2, -0.15) is 5.10 Å². The van der Waals surface area contributed by atoms with Gasteiger partial charge in [0, 0.05) is 25.7 Å². The number of piperidine rings is 1. The first kappa shape index (κ1) is 17.6. The van der Waals surface area contributed by atoms with Crippen molar-refractivity contribution in [2.24, 2.45) is 5.92 Å². The molecule has 1 N–H and O–H groups in total. The number of halogens is 1. The van der Waals surface area contributed by atoms with Crippen LogP contribution in [-0.2, 0) is 17.6 Å². The number of amides is 1. The summed E-state index contributed by atoms with van der Waals surface area (Å²) in [6, 6.07) is 6.76. The predicted molar refractivity (Wildman–Crippen MR) is 95.6 cm³/mol. The molecule has 2 heterocycles. The van der Waals surface area contributed by atoms with E-state index in [0.717, 1.165) is 50.8 Å². The third kappa shape index (κ3) is 5.41. The van der Waals surface area contributed by atoms with Crippen molar-refractivity contribution < 1.29 is 9.18 Å². The molecule has 1 amide bonds. The van der Waals surface area contributed by atoms with Gasteiger partial charge in [0.2, 0.25) is 5.91 Å². The lowest BCUT2D eigenvalue weighted by Gasteiger charge is -2.33. The molecule has 2 aromatic rings. The molecule has 1 aliphatic rings. The Balaban J connectivity index is 1.40. The van der Waals surface area contributed by atoms with Crippen LogP contribution < -0.4 is 0 Å². The SMILES string of the molecule is O=C(CCCc1cn[nH]c1)N1CCC[C@@H](CCc2ccc(F)cc2)C1. The van der Waals surface area contributed by atoms with E-state index < -0.39 is 0 Å². The van der Waals surface area contributed by atoms with Crippen LogP contribution in [0.25, 0.3) is 0 Å². The van der Waals surface area contributed by atoms with Gasteiger partial charge in [-0.1, -0.05) is 12.1 Å². The lowest BCUT2D eigenvalue weighted by molar-refractivity contribution is -0.133. The van der Waals surface area contributed by atoms with E-state index in [2.05, 4.69) is 10.2 Å². The van der Waals surface area contributed by atoms with Crippen molar-refractivity contribution in [2.45, 2.75) is 44.9 Å². The Kier molecular flexibility index (Phi) is 6.20. The average Bonchev–Trinajstić information content (AvgIpc) is 3.15. The van der Waals surface area contributed by atoms with Crippen LogP contribution in [-0.4, -0.2) is 34.1 Å². The zero-order valence-corrected chi connectivity index (χ0v) is 14.6. The van der Waals surface area contributed by atoms with Crippen molar-refractivity contribution in [1.29, 1.82) is 0 Å². The zero-order valence-electron chi connectivity index (χ0n) is 14.6. The van der Waals surface area contributed by atoms with E-state index in [4.69, 9.17) is 0 Å². The largest absolute Gasteiger partial charge is 0.342 e. The van der Waals surface area contributed by atoms with Crippen LogP contribution in [0.1, 0.15) is 43.2 Å². The summed E-state index contributed by atoms with van der Waals surface area (Å²) in [5.41, 5.74) is 2.33. The highest BCUT2D eigenvalue weighted by Gasteiger charge is 2.23. The molecule has 0 saturated carbocycles. The number of carbonyl (C=O) groups excluding carboxylic acids is 1. The van der Waals surface area contributed by atoms with Gasteiger partial charge < -0.3 is 4.90 Å². The molecule has 1 aromatic heterocycles. The smallest absolute Gasteiger partial charge is 0.222 e. The van der Waals surface area contributed by atoms with Crippen LogP contribution in [0.2, 0.25) is 0 Å². The quantitative estimate of drug-likeness (QED) is 0.832. The van der Waals surface area contributed by atoms with Crippen molar-refractivity contribution in [3.05, 3.63) is 53.6 Å². The average molecular weight is 343 g/mol. The first-order valence-corrected chi connectivity index (χ1v) is 9.20. The number of aromatic nitrogens is 2. The van der Waals surface area contributed by atoms with Crippen molar-refractivity contribution in [1.82, 2.24) is 15.1 Å². The number of rotatable bonds is 7. The topological polar surface area (TPSA) is 49.0 Å². The predicted octanol–water partition coefficient (Wildman–Crippen LogP) is 3.74. The maximum absolute atomic E-state index is 13.0. The summed E-state index contributed by atoms with van der Waals surface area (Å²) in [5.74, 6) is 0.639. The molecule has 1 aliphatic heterocycles. The first-order chi connectivity index (χ1) is 12.2. The summed E-state index contributed by atoms with van der Waals surface area (Å²) in [6.45, 7) is 1.75. The lowest BCUT2D eigenvalue weighted by atomic mass is 9.91. The molecule has 0 spiro atoms. The molecular formula is C20H26FN3O. The van der Waals surface area contributed by atoms with Crippen molar-refractivity contribution in [3.8, 4) is 0 Å².